The highest BCUT2D eigenvalue weighted by Gasteiger charge is 2.51. The Kier molecular flexibility index (Phi) is 3.32. The summed E-state index contributed by atoms with van der Waals surface area (Å²) in [4.78, 5) is 18.5. The van der Waals surface area contributed by atoms with Crippen molar-refractivity contribution in [3.8, 4) is 0 Å². The molecule has 104 valence electrons. The van der Waals surface area contributed by atoms with Crippen molar-refractivity contribution in [2.45, 2.75) is 13.3 Å². The molecule has 5 nitrogen and oxygen atoms in total. The molecule has 0 saturated carbocycles. The summed E-state index contributed by atoms with van der Waals surface area (Å²) in [5.74, 6) is 0.381. The minimum atomic E-state index is -0.229. The first kappa shape index (κ1) is 13.0. The number of hydrogen-bond donors (Lipinski definition) is 1. The van der Waals surface area contributed by atoms with E-state index >= 15 is 0 Å². The molecule has 2 aliphatic heterocycles. The standard InChI is InChI=1S/C13H18N2O3S/c1-9-14-11(5-19-9)2-12(17)15-3-10-4-18-8-13(10,6-15)7-16/h5,10,16H,2-4,6-8H2,1H3/t10-,13-/m0/s1. The average Bonchev–Trinajstić information content (AvgIpc) is 3.02. The average molecular weight is 282 g/mol. The Morgan fingerprint density at radius 1 is 1.74 bits per heavy atom. The molecule has 0 aliphatic carbocycles. The summed E-state index contributed by atoms with van der Waals surface area (Å²) in [5, 5.41) is 12.5. The van der Waals surface area contributed by atoms with Crippen LogP contribution in [0.1, 0.15) is 10.7 Å². The third kappa shape index (κ3) is 2.28. The van der Waals surface area contributed by atoms with Crippen molar-refractivity contribution >= 4 is 17.2 Å². The Balaban J connectivity index is 1.66. The zero-order valence-corrected chi connectivity index (χ0v) is 11.8. The van der Waals surface area contributed by atoms with Crippen molar-refractivity contribution in [2.24, 2.45) is 11.3 Å². The molecular weight excluding hydrogens is 264 g/mol. The largest absolute Gasteiger partial charge is 0.396 e. The highest BCUT2D eigenvalue weighted by Crippen LogP contribution is 2.40. The number of aliphatic hydroxyl groups is 1. The molecule has 2 atom stereocenters. The summed E-state index contributed by atoms with van der Waals surface area (Å²) < 4.78 is 5.45. The minimum absolute atomic E-state index is 0.0945. The smallest absolute Gasteiger partial charge is 0.228 e. The van der Waals surface area contributed by atoms with E-state index in [0.717, 1.165) is 10.7 Å². The van der Waals surface area contributed by atoms with Gasteiger partial charge >= 0.3 is 0 Å². The van der Waals surface area contributed by atoms with E-state index in [1.54, 1.807) is 11.3 Å². The summed E-state index contributed by atoms with van der Waals surface area (Å²) in [6.45, 7) is 4.56. The predicted molar refractivity (Wildman–Crippen MR) is 71.0 cm³/mol. The van der Waals surface area contributed by atoms with Crippen molar-refractivity contribution in [1.82, 2.24) is 9.88 Å². The van der Waals surface area contributed by atoms with Gasteiger partial charge in [-0.2, -0.15) is 0 Å². The van der Waals surface area contributed by atoms with E-state index in [4.69, 9.17) is 4.74 Å². The van der Waals surface area contributed by atoms with E-state index in [0.29, 0.717) is 32.7 Å². The number of carbonyl (C=O) groups excluding carboxylic acids is 1. The molecule has 1 amide bonds. The maximum absolute atomic E-state index is 12.3. The topological polar surface area (TPSA) is 62.7 Å². The molecule has 0 unspecified atom stereocenters. The number of fused-ring (bicyclic) bond motifs is 1. The number of ether oxygens (including phenoxy) is 1. The van der Waals surface area contributed by atoms with Gasteiger partial charge < -0.3 is 14.7 Å². The number of rotatable bonds is 3. The highest BCUT2D eigenvalue weighted by molar-refractivity contribution is 7.09. The van der Waals surface area contributed by atoms with Crippen LogP contribution in [0.2, 0.25) is 0 Å². The van der Waals surface area contributed by atoms with Crippen LogP contribution in [0.15, 0.2) is 5.38 Å². The van der Waals surface area contributed by atoms with Gasteiger partial charge in [0.05, 0.1) is 36.9 Å². The number of hydrogen-bond acceptors (Lipinski definition) is 5. The van der Waals surface area contributed by atoms with Gasteiger partial charge in [-0.3, -0.25) is 4.79 Å². The van der Waals surface area contributed by atoms with Gasteiger partial charge in [0.25, 0.3) is 0 Å². The molecular formula is C13H18N2O3S. The van der Waals surface area contributed by atoms with Crippen LogP contribution < -0.4 is 0 Å². The van der Waals surface area contributed by atoms with Crippen LogP contribution >= 0.6 is 11.3 Å². The number of aryl methyl sites for hydroxylation is 1. The van der Waals surface area contributed by atoms with Crippen molar-refractivity contribution in [2.75, 3.05) is 32.9 Å². The number of thiazole rings is 1. The fraction of sp³-hybridized carbons (Fsp3) is 0.692. The zero-order chi connectivity index (χ0) is 13.5. The molecule has 2 fully saturated rings. The van der Waals surface area contributed by atoms with Gasteiger partial charge in [0.2, 0.25) is 5.91 Å². The lowest BCUT2D eigenvalue weighted by Gasteiger charge is -2.24. The van der Waals surface area contributed by atoms with Crippen molar-refractivity contribution in [3.63, 3.8) is 0 Å². The van der Waals surface area contributed by atoms with E-state index in [-0.39, 0.29) is 23.8 Å². The molecule has 3 heterocycles. The summed E-state index contributed by atoms with van der Waals surface area (Å²) in [7, 11) is 0. The fourth-order valence-electron chi connectivity index (χ4n) is 3.00. The Hall–Kier alpha value is -0.980. The molecule has 0 spiro atoms. The van der Waals surface area contributed by atoms with Gasteiger partial charge in [-0.05, 0) is 6.92 Å². The second-order valence-electron chi connectivity index (χ2n) is 5.54. The molecule has 0 radical (unpaired) electrons. The lowest BCUT2D eigenvalue weighted by molar-refractivity contribution is -0.130. The van der Waals surface area contributed by atoms with E-state index in [1.165, 1.54) is 0 Å². The molecule has 2 saturated heterocycles. The van der Waals surface area contributed by atoms with Crippen LogP contribution in [0, 0.1) is 18.3 Å². The molecule has 1 N–H and O–H groups in total. The SMILES string of the molecule is Cc1nc(CC(=O)N2C[C@H]3COC[C@@]3(CO)C2)cs1. The molecule has 0 aromatic carbocycles. The Morgan fingerprint density at radius 2 is 2.58 bits per heavy atom. The first-order valence-electron chi connectivity index (χ1n) is 6.50. The Labute approximate surface area is 116 Å². The lowest BCUT2D eigenvalue weighted by atomic mass is 9.82. The van der Waals surface area contributed by atoms with Gasteiger partial charge in [0, 0.05) is 29.8 Å². The van der Waals surface area contributed by atoms with Crippen LogP contribution in [0.3, 0.4) is 0 Å². The maximum Gasteiger partial charge on any atom is 0.228 e. The van der Waals surface area contributed by atoms with Crippen molar-refractivity contribution in [3.05, 3.63) is 16.1 Å². The predicted octanol–water partition coefficient (Wildman–Crippen LogP) is 0.461. The zero-order valence-electron chi connectivity index (χ0n) is 11.0. The van der Waals surface area contributed by atoms with Crippen LogP contribution in [0.5, 0.6) is 0 Å². The van der Waals surface area contributed by atoms with E-state index in [2.05, 4.69) is 4.98 Å². The Morgan fingerprint density at radius 3 is 3.21 bits per heavy atom. The number of aromatic nitrogens is 1. The normalized spacial score (nSPS) is 29.8. The summed E-state index contributed by atoms with van der Waals surface area (Å²) in [6, 6.07) is 0. The number of amides is 1. The van der Waals surface area contributed by atoms with Crippen LogP contribution in [-0.2, 0) is 16.0 Å². The van der Waals surface area contributed by atoms with Gasteiger partial charge in [0.15, 0.2) is 0 Å². The highest BCUT2D eigenvalue weighted by atomic mass is 32.1. The summed E-state index contributed by atoms with van der Waals surface area (Å²) in [5.41, 5.74) is 0.618. The van der Waals surface area contributed by atoms with Crippen molar-refractivity contribution in [1.29, 1.82) is 0 Å². The van der Waals surface area contributed by atoms with Crippen LogP contribution in [0.25, 0.3) is 0 Å². The molecule has 3 rings (SSSR count). The monoisotopic (exact) mass is 282 g/mol. The first-order valence-corrected chi connectivity index (χ1v) is 7.38. The number of nitrogens with zero attached hydrogens (tertiary/aromatic N) is 2. The van der Waals surface area contributed by atoms with Gasteiger partial charge in [-0.1, -0.05) is 0 Å². The van der Waals surface area contributed by atoms with Gasteiger partial charge in [0.1, 0.15) is 0 Å². The summed E-state index contributed by atoms with van der Waals surface area (Å²) >= 11 is 1.57. The third-order valence-corrected chi connectivity index (χ3v) is 5.01. The number of carbonyl (C=O) groups is 1. The second kappa shape index (κ2) is 4.85. The third-order valence-electron chi connectivity index (χ3n) is 4.19. The molecule has 19 heavy (non-hydrogen) atoms. The molecule has 6 heteroatoms. The maximum atomic E-state index is 12.3. The van der Waals surface area contributed by atoms with Crippen molar-refractivity contribution < 1.29 is 14.6 Å². The number of aliphatic hydroxyl groups excluding tert-OH is 1. The van der Waals surface area contributed by atoms with Gasteiger partial charge in [-0.25, -0.2) is 4.98 Å². The molecule has 0 bridgehead atoms. The van der Waals surface area contributed by atoms with E-state index in [1.807, 2.05) is 17.2 Å². The quantitative estimate of drug-likeness (QED) is 0.875. The van der Waals surface area contributed by atoms with E-state index in [9.17, 15) is 9.90 Å². The Bertz CT molecular complexity index is 490. The van der Waals surface area contributed by atoms with Crippen LogP contribution in [-0.4, -0.2) is 53.8 Å². The minimum Gasteiger partial charge on any atom is -0.396 e. The van der Waals surface area contributed by atoms with Gasteiger partial charge in [-0.15, -0.1) is 11.3 Å². The first-order chi connectivity index (χ1) is 9.13. The second-order valence-corrected chi connectivity index (χ2v) is 6.60. The number of likely N-dealkylation sites (tertiary alicyclic amines) is 1. The summed E-state index contributed by atoms with van der Waals surface area (Å²) in [6.07, 6.45) is 0.361. The van der Waals surface area contributed by atoms with E-state index < -0.39 is 0 Å². The molecule has 2 aliphatic rings. The molecule has 1 aromatic heterocycles. The van der Waals surface area contributed by atoms with Crippen LogP contribution in [0.4, 0.5) is 0 Å². The molecule has 1 aromatic rings. The lowest BCUT2D eigenvalue weighted by Crippen LogP contribution is -2.36. The fourth-order valence-corrected chi connectivity index (χ4v) is 3.61.